The molecule has 2 heteroatoms. The van der Waals surface area contributed by atoms with Crippen LogP contribution in [-0.2, 0) is 9.59 Å². The second-order valence-electron chi connectivity index (χ2n) is 8.28. The lowest BCUT2D eigenvalue weighted by Gasteiger charge is -2.54. The molecule has 0 aromatic rings. The highest BCUT2D eigenvalue weighted by molar-refractivity contribution is 5.91. The standard InChI is InChI=1S/C19H26O2/c1-11-9-12-10-13(20)3-4-14(12)15-7-8-19(2)16(18(11)15)5-6-17(19)21/h10-11,14-16,18H,3-9H2,1-2H3/t11-,14+,15-,16-,18-,19+/m1/s1. The van der Waals surface area contributed by atoms with E-state index in [2.05, 4.69) is 13.8 Å². The predicted octanol–water partition coefficient (Wildman–Crippen LogP) is 3.94. The van der Waals surface area contributed by atoms with E-state index in [0.717, 1.165) is 44.4 Å². The topological polar surface area (TPSA) is 34.1 Å². The minimum Gasteiger partial charge on any atom is -0.299 e. The fraction of sp³-hybridized carbons (Fsp3) is 0.789. The van der Waals surface area contributed by atoms with Crippen molar-refractivity contribution in [1.82, 2.24) is 0 Å². The van der Waals surface area contributed by atoms with Crippen LogP contribution in [0.5, 0.6) is 0 Å². The van der Waals surface area contributed by atoms with Crippen molar-refractivity contribution in [3.8, 4) is 0 Å². The molecule has 3 saturated carbocycles. The van der Waals surface area contributed by atoms with Crippen LogP contribution in [0.2, 0.25) is 0 Å². The Labute approximate surface area is 127 Å². The minimum atomic E-state index is -0.0267. The molecule has 0 bridgehead atoms. The lowest BCUT2D eigenvalue weighted by Crippen LogP contribution is -2.49. The molecule has 4 rings (SSSR count). The summed E-state index contributed by atoms with van der Waals surface area (Å²) >= 11 is 0. The van der Waals surface area contributed by atoms with Crippen molar-refractivity contribution in [2.24, 2.45) is 35.0 Å². The van der Waals surface area contributed by atoms with Gasteiger partial charge in [-0.15, -0.1) is 0 Å². The summed E-state index contributed by atoms with van der Waals surface area (Å²) in [5, 5.41) is 0. The Bertz CT molecular complexity index is 532. The number of rotatable bonds is 0. The number of carbonyl (C=O) groups is 2. The van der Waals surface area contributed by atoms with Gasteiger partial charge in [0.05, 0.1) is 0 Å². The van der Waals surface area contributed by atoms with Crippen LogP contribution >= 0.6 is 0 Å². The quantitative estimate of drug-likeness (QED) is 0.676. The Hall–Kier alpha value is -0.920. The first-order chi connectivity index (χ1) is 10.0. The molecule has 114 valence electrons. The molecule has 2 nitrogen and oxygen atoms in total. The maximum absolute atomic E-state index is 12.4. The van der Waals surface area contributed by atoms with Crippen molar-refractivity contribution in [2.75, 3.05) is 0 Å². The maximum atomic E-state index is 12.4. The molecule has 0 aromatic carbocycles. The fourth-order valence-electron chi connectivity index (χ4n) is 6.36. The highest BCUT2D eigenvalue weighted by atomic mass is 16.1. The van der Waals surface area contributed by atoms with Crippen LogP contribution < -0.4 is 0 Å². The van der Waals surface area contributed by atoms with E-state index in [-0.39, 0.29) is 5.41 Å². The van der Waals surface area contributed by atoms with Gasteiger partial charge in [-0.25, -0.2) is 0 Å². The van der Waals surface area contributed by atoms with E-state index < -0.39 is 0 Å². The Morgan fingerprint density at radius 3 is 2.76 bits per heavy atom. The van der Waals surface area contributed by atoms with Gasteiger partial charge in [0.2, 0.25) is 0 Å². The Morgan fingerprint density at radius 2 is 1.95 bits per heavy atom. The van der Waals surface area contributed by atoms with Crippen LogP contribution in [0.1, 0.15) is 58.8 Å². The molecule has 3 fully saturated rings. The molecule has 4 aliphatic rings. The summed E-state index contributed by atoms with van der Waals surface area (Å²) in [7, 11) is 0. The number of hydrogen-bond acceptors (Lipinski definition) is 2. The largest absolute Gasteiger partial charge is 0.299 e. The van der Waals surface area contributed by atoms with Gasteiger partial charge >= 0.3 is 0 Å². The third-order valence-electron chi connectivity index (χ3n) is 7.35. The summed E-state index contributed by atoms with van der Waals surface area (Å²) < 4.78 is 0. The molecular formula is C19H26O2. The van der Waals surface area contributed by atoms with Gasteiger partial charge in [-0.1, -0.05) is 19.4 Å². The van der Waals surface area contributed by atoms with Crippen LogP contribution in [0.4, 0.5) is 0 Å². The van der Waals surface area contributed by atoms with Crippen molar-refractivity contribution in [1.29, 1.82) is 0 Å². The van der Waals surface area contributed by atoms with Crippen LogP contribution in [0, 0.1) is 35.0 Å². The van der Waals surface area contributed by atoms with E-state index >= 15 is 0 Å². The first-order valence-electron chi connectivity index (χ1n) is 8.77. The summed E-state index contributed by atoms with van der Waals surface area (Å²) in [6.45, 7) is 4.61. The molecule has 0 saturated heterocycles. The summed E-state index contributed by atoms with van der Waals surface area (Å²) in [4.78, 5) is 24.1. The predicted molar refractivity (Wildman–Crippen MR) is 81.6 cm³/mol. The minimum absolute atomic E-state index is 0.0267. The number of hydrogen-bond donors (Lipinski definition) is 0. The lowest BCUT2D eigenvalue weighted by molar-refractivity contribution is -0.132. The second-order valence-corrected chi connectivity index (χ2v) is 8.28. The van der Waals surface area contributed by atoms with Gasteiger partial charge in [-0.2, -0.15) is 0 Å². The number of ketones is 2. The van der Waals surface area contributed by atoms with Crippen LogP contribution in [0.15, 0.2) is 11.6 Å². The zero-order valence-electron chi connectivity index (χ0n) is 13.2. The van der Waals surface area contributed by atoms with E-state index in [4.69, 9.17) is 0 Å². The summed E-state index contributed by atoms with van der Waals surface area (Å²) in [5.74, 6) is 4.20. The van der Waals surface area contributed by atoms with Gasteiger partial charge in [0, 0.05) is 18.3 Å². The molecule has 4 aliphatic carbocycles. The molecule has 0 aliphatic heterocycles. The third-order valence-corrected chi connectivity index (χ3v) is 7.35. The second kappa shape index (κ2) is 4.54. The highest BCUT2D eigenvalue weighted by Crippen LogP contribution is 2.61. The molecule has 0 heterocycles. The first kappa shape index (κ1) is 13.7. The monoisotopic (exact) mass is 286 g/mol. The van der Waals surface area contributed by atoms with Gasteiger partial charge in [0.1, 0.15) is 5.78 Å². The Morgan fingerprint density at radius 1 is 1.14 bits per heavy atom. The molecule has 21 heavy (non-hydrogen) atoms. The zero-order chi connectivity index (χ0) is 14.8. The van der Waals surface area contributed by atoms with Crippen molar-refractivity contribution in [3.05, 3.63) is 11.6 Å². The molecule has 0 aromatic heterocycles. The normalized spacial score (nSPS) is 49.2. The highest BCUT2D eigenvalue weighted by Gasteiger charge is 2.57. The van der Waals surface area contributed by atoms with Crippen LogP contribution in [0.25, 0.3) is 0 Å². The molecule has 0 spiro atoms. The van der Waals surface area contributed by atoms with Gasteiger partial charge in [-0.3, -0.25) is 9.59 Å². The lowest BCUT2D eigenvalue weighted by atomic mass is 9.50. The van der Waals surface area contributed by atoms with E-state index in [0.29, 0.717) is 35.2 Å². The molecule has 6 atom stereocenters. The molecule has 0 amide bonds. The number of fused-ring (bicyclic) bond motifs is 5. The number of carbonyl (C=O) groups excluding carboxylic acids is 2. The summed E-state index contributed by atoms with van der Waals surface area (Å²) in [5.41, 5.74) is 1.41. The Balaban J connectivity index is 1.70. The Kier molecular flexibility index (Phi) is 2.96. The van der Waals surface area contributed by atoms with E-state index in [1.807, 2.05) is 6.08 Å². The number of allylic oxidation sites excluding steroid dienone is 1. The maximum Gasteiger partial charge on any atom is 0.155 e. The number of Topliss-reactive ketones (excluding diaryl/α,β-unsaturated/α-hetero) is 1. The fourth-order valence-corrected chi connectivity index (χ4v) is 6.36. The molecule has 0 unspecified atom stereocenters. The van der Waals surface area contributed by atoms with E-state index in [1.165, 1.54) is 12.0 Å². The molecular weight excluding hydrogens is 260 g/mol. The molecule has 0 N–H and O–H groups in total. The van der Waals surface area contributed by atoms with E-state index in [1.54, 1.807) is 0 Å². The third kappa shape index (κ3) is 1.83. The smallest absolute Gasteiger partial charge is 0.155 e. The van der Waals surface area contributed by atoms with E-state index in [9.17, 15) is 9.59 Å². The first-order valence-corrected chi connectivity index (χ1v) is 8.77. The van der Waals surface area contributed by atoms with Crippen LogP contribution in [-0.4, -0.2) is 11.6 Å². The van der Waals surface area contributed by atoms with Gasteiger partial charge < -0.3 is 0 Å². The van der Waals surface area contributed by atoms with Gasteiger partial charge in [0.15, 0.2) is 5.78 Å². The average Bonchev–Trinajstić information content (AvgIpc) is 2.74. The van der Waals surface area contributed by atoms with Crippen molar-refractivity contribution in [2.45, 2.75) is 58.8 Å². The summed E-state index contributed by atoms with van der Waals surface area (Å²) in [6.07, 6.45) is 9.08. The van der Waals surface area contributed by atoms with Crippen LogP contribution in [0.3, 0.4) is 0 Å². The van der Waals surface area contributed by atoms with Gasteiger partial charge in [0.25, 0.3) is 0 Å². The van der Waals surface area contributed by atoms with Gasteiger partial charge in [-0.05, 0) is 67.8 Å². The van der Waals surface area contributed by atoms with Crippen molar-refractivity contribution < 1.29 is 9.59 Å². The SMILES string of the molecule is C[C@@H]1CC2=CC(=O)CC[C@@H]2[C@H]2CC[C@]3(C)C(=O)CC[C@@H]3[C@@H]21. The van der Waals surface area contributed by atoms with Crippen molar-refractivity contribution >= 4 is 11.6 Å². The molecule has 0 radical (unpaired) electrons. The zero-order valence-corrected chi connectivity index (χ0v) is 13.2. The van der Waals surface area contributed by atoms with Crippen molar-refractivity contribution in [3.63, 3.8) is 0 Å². The average molecular weight is 286 g/mol. The summed E-state index contributed by atoms with van der Waals surface area (Å²) in [6, 6.07) is 0.